The molecule has 0 bridgehead atoms. The zero-order valence-corrected chi connectivity index (χ0v) is 16.3. The SMILES string of the molecule is CCCN1C[C@H](C(=O)NCCNS(=O)(=O)c2ccc(Cl)cc2)CCC1=O. The molecule has 1 aromatic carbocycles. The van der Waals surface area contributed by atoms with Crippen LogP contribution in [0.25, 0.3) is 0 Å². The fraction of sp³-hybridized carbons (Fsp3) is 0.529. The molecule has 1 heterocycles. The lowest BCUT2D eigenvalue weighted by Crippen LogP contribution is -2.47. The Morgan fingerprint density at radius 3 is 2.62 bits per heavy atom. The number of hydrogen-bond acceptors (Lipinski definition) is 4. The fourth-order valence-electron chi connectivity index (χ4n) is 2.83. The monoisotopic (exact) mass is 401 g/mol. The van der Waals surface area contributed by atoms with Crippen molar-refractivity contribution in [3.8, 4) is 0 Å². The largest absolute Gasteiger partial charge is 0.354 e. The molecule has 0 unspecified atom stereocenters. The van der Waals surface area contributed by atoms with Crippen LogP contribution < -0.4 is 10.0 Å². The predicted octanol–water partition coefficient (Wildman–Crippen LogP) is 1.38. The van der Waals surface area contributed by atoms with E-state index in [0.29, 0.717) is 31.0 Å². The van der Waals surface area contributed by atoms with Crippen molar-refractivity contribution >= 4 is 33.4 Å². The smallest absolute Gasteiger partial charge is 0.240 e. The van der Waals surface area contributed by atoms with Gasteiger partial charge in [-0.2, -0.15) is 0 Å². The third-order valence-electron chi connectivity index (χ3n) is 4.20. The van der Waals surface area contributed by atoms with Gasteiger partial charge in [-0.05, 0) is 37.1 Å². The van der Waals surface area contributed by atoms with Crippen LogP contribution >= 0.6 is 11.6 Å². The van der Waals surface area contributed by atoms with Gasteiger partial charge in [-0.1, -0.05) is 18.5 Å². The number of carbonyl (C=O) groups excluding carboxylic acids is 2. The summed E-state index contributed by atoms with van der Waals surface area (Å²) < 4.78 is 26.7. The van der Waals surface area contributed by atoms with Gasteiger partial charge in [-0.25, -0.2) is 13.1 Å². The van der Waals surface area contributed by atoms with Crippen molar-refractivity contribution in [2.24, 2.45) is 5.92 Å². The zero-order chi connectivity index (χ0) is 19.2. The molecule has 0 spiro atoms. The number of carbonyl (C=O) groups is 2. The first-order valence-electron chi connectivity index (χ1n) is 8.64. The molecule has 1 atom stereocenters. The third-order valence-corrected chi connectivity index (χ3v) is 5.93. The van der Waals surface area contributed by atoms with Crippen molar-refractivity contribution in [3.05, 3.63) is 29.3 Å². The van der Waals surface area contributed by atoms with E-state index in [1.807, 2.05) is 6.92 Å². The summed E-state index contributed by atoms with van der Waals surface area (Å²) in [5.41, 5.74) is 0. The Morgan fingerprint density at radius 1 is 1.27 bits per heavy atom. The van der Waals surface area contributed by atoms with Gasteiger partial charge < -0.3 is 10.2 Å². The van der Waals surface area contributed by atoms with Crippen LogP contribution in [0.1, 0.15) is 26.2 Å². The minimum Gasteiger partial charge on any atom is -0.354 e. The van der Waals surface area contributed by atoms with E-state index in [1.165, 1.54) is 24.3 Å². The van der Waals surface area contributed by atoms with Crippen LogP contribution in [-0.4, -0.2) is 51.3 Å². The van der Waals surface area contributed by atoms with Crippen molar-refractivity contribution in [1.82, 2.24) is 14.9 Å². The fourth-order valence-corrected chi connectivity index (χ4v) is 3.99. The predicted molar refractivity (Wildman–Crippen MR) is 99.2 cm³/mol. The van der Waals surface area contributed by atoms with E-state index in [4.69, 9.17) is 11.6 Å². The van der Waals surface area contributed by atoms with Gasteiger partial charge in [0.05, 0.1) is 10.8 Å². The molecule has 1 aliphatic heterocycles. The number of hydrogen-bond donors (Lipinski definition) is 2. The van der Waals surface area contributed by atoms with E-state index in [1.54, 1.807) is 4.90 Å². The average molecular weight is 402 g/mol. The summed E-state index contributed by atoms with van der Waals surface area (Å²) in [7, 11) is -3.64. The highest BCUT2D eigenvalue weighted by molar-refractivity contribution is 7.89. The van der Waals surface area contributed by atoms with E-state index >= 15 is 0 Å². The number of benzene rings is 1. The van der Waals surface area contributed by atoms with E-state index in [0.717, 1.165) is 6.42 Å². The highest BCUT2D eigenvalue weighted by Gasteiger charge is 2.29. The summed E-state index contributed by atoms with van der Waals surface area (Å²) >= 11 is 5.75. The van der Waals surface area contributed by atoms with Gasteiger partial charge in [0.15, 0.2) is 0 Å². The van der Waals surface area contributed by atoms with Crippen LogP contribution in [0.3, 0.4) is 0 Å². The van der Waals surface area contributed by atoms with Gasteiger partial charge in [-0.3, -0.25) is 9.59 Å². The molecule has 0 radical (unpaired) electrons. The van der Waals surface area contributed by atoms with Crippen molar-refractivity contribution in [1.29, 1.82) is 0 Å². The molecule has 0 aliphatic carbocycles. The summed E-state index contributed by atoms with van der Waals surface area (Å²) in [4.78, 5) is 25.9. The first-order chi connectivity index (χ1) is 12.3. The number of nitrogens with zero attached hydrogens (tertiary/aromatic N) is 1. The molecule has 9 heteroatoms. The lowest BCUT2D eigenvalue weighted by atomic mass is 9.96. The molecular formula is C17H24ClN3O4S. The second-order valence-corrected chi connectivity index (χ2v) is 8.42. The molecule has 1 fully saturated rings. The Balaban J connectivity index is 1.77. The highest BCUT2D eigenvalue weighted by Crippen LogP contribution is 2.18. The first-order valence-corrected chi connectivity index (χ1v) is 10.5. The molecule has 0 aromatic heterocycles. The number of piperidine rings is 1. The lowest BCUT2D eigenvalue weighted by molar-refractivity contribution is -0.138. The highest BCUT2D eigenvalue weighted by atomic mass is 35.5. The van der Waals surface area contributed by atoms with Gasteiger partial charge in [-0.15, -0.1) is 0 Å². The van der Waals surface area contributed by atoms with Gasteiger partial charge in [0.1, 0.15) is 0 Å². The van der Waals surface area contributed by atoms with E-state index in [2.05, 4.69) is 10.0 Å². The molecule has 1 aliphatic rings. The minimum absolute atomic E-state index is 0.0843. The van der Waals surface area contributed by atoms with Gasteiger partial charge in [0.25, 0.3) is 0 Å². The summed E-state index contributed by atoms with van der Waals surface area (Å²) in [5, 5.41) is 3.20. The molecule has 2 N–H and O–H groups in total. The molecule has 2 rings (SSSR count). The van der Waals surface area contributed by atoms with Crippen LogP contribution in [0.4, 0.5) is 0 Å². The lowest BCUT2D eigenvalue weighted by Gasteiger charge is -2.31. The quantitative estimate of drug-likeness (QED) is 0.643. The molecule has 26 heavy (non-hydrogen) atoms. The Hall–Kier alpha value is -1.64. The summed E-state index contributed by atoms with van der Waals surface area (Å²) in [6.45, 7) is 3.34. The Morgan fingerprint density at radius 2 is 1.96 bits per heavy atom. The van der Waals surface area contributed by atoms with Crippen LogP contribution in [-0.2, 0) is 19.6 Å². The second-order valence-electron chi connectivity index (χ2n) is 6.22. The van der Waals surface area contributed by atoms with Crippen molar-refractivity contribution < 1.29 is 18.0 Å². The maximum atomic E-state index is 12.2. The van der Waals surface area contributed by atoms with Crippen molar-refractivity contribution in [3.63, 3.8) is 0 Å². The Kier molecular flexibility index (Phi) is 7.43. The molecular weight excluding hydrogens is 378 g/mol. The van der Waals surface area contributed by atoms with Crippen LogP contribution in [0, 0.1) is 5.92 Å². The average Bonchev–Trinajstić information content (AvgIpc) is 2.61. The van der Waals surface area contributed by atoms with Crippen LogP contribution in [0.15, 0.2) is 29.2 Å². The molecule has 1 aromatic rings. The molecule has 7 nitrogen and oxygen atoms in total. The normalized spacial score (nSPS) is 18.0. The number of sulfonamides is 1. The van der Waals surface area contributed by atoms with Crippen molar-refractivity contribution in [2.45, 2.75) is 31.1 Å². The number of rotatable bonds is 8. The molecule has 144 valence electrons. The summed E-state index contributed by atoms with van der Waals surface area (Å²) in [6.07, 6.45) is 1.76. The number of nitrogens with one attached hydrogen (secondary N) is 2. The van der Waals surface area contributed by atoms with Crippen molar-refractivity contribution in [2.75, 3.05) is 26.2 Å². The molecule has 0 saturated carbocycles. The van der Waals surface area contributed by atoms with Gasteiger partial charge >= 0.3 is 0 Å². The molecule has 1 saturated heterocycles. The number of likely N-dealkylation sites (tertiary alicyclic amines) is 1. The summed E-state index contributed by atoms with van der Waals surface area (Å²) in [5.74, 6) is -0.303. The number of amides is 2. The standard InChI is InChI=1S/C17H24ClN3O4S/c1-2-11-21-12-13(3-8-16(21)22)17(23)19-9-10-20-26(24,25)15-6-4-14(18)5-7-15/h4-7,13,20H,2-3,8-12H2,1H3,(H,19,23)/t13-/m1/s1. The maximum absolute atomic E-state index is 12.2. The zero-order valence-electron chi connectivity index (χ0n) is 14.7. The van der Waals surface area contributed by atoms with E-state index < -0.39 is 10.0 Å². The summed E-state index contributed by atoms with van der Waals surface area (Å²) in [6, 6.07) is 5.85. The van der Waals surface area contributed by atoms with E-state index in [-0.39, 0.29) is 35.7 Å². The van der Waals surface area contributed by atoms with Gasteiger partial charge in [0, 0.05) is 37.6 Å². The van der Waals surface area contributed by atoms with E-state index in [9.17, 15) is 18.0 Å². The first kappa shape index (κ1) is 20.7. The third kappa shape index (κ3) is 5.69. The van der Waals surface area contributed by atoms with Crippen LogP contribution in [0.5, 0.6) is 0 Å². The van der Waals surface area contributed by atoms with Crippen LogP contribution in [0.2, 0.25) is 5.02 Å². The Labute approximate surface area is 159 Å². The second kappa shape index (κ2) is 9.34. The van der Waals surface area contributed by atoms with Gasteiger partial charge in [0.2, 0.25) is 21.8 Å². The minimum atomic E-state index is -3.64. The molecule has 2 amide bonds. The topological polar surface area (TPSA) is 95.6 Å². The number of halogens is 1. The Bertz CT molecular complexity index is 737. The maximum Gasteiger partial charge on any atom is 0.240 e.